The maximum atomic E-state index is 12.2. The zero-order valence-corrected chi connectivity index (χ0v) is 12.8. The summed E-state index contributed by atoms with van der Waals surface area (Å²) in [4.78, 5) is 18.2. The Morgan fingerprint density at radius 1 is 1.29 bits per heavy atom. The minimum Gasteiger partial charge on any atom is -0.376 e. The van der Waals surface area contributed by atoms with Crippen molar-refractivity contribution in [3.63, 3.8) is 0 Å². The molecular formula is C14H16ClN5O. The number of aromatic nitrogens is 3. The quantitative estimate of drug-likeness (QED) is 0.938. The first-order valence-electron chi connectivity index (χ1n) is 6.39. The van der Waals surface area contributed by atoms with E-state index < -0.39 is 5.92 Å². The van der Waals surface area contributed by atoms with Crippen LogP contribution in [0.1, 0.15) is 18.5 Å². The number of carbonyl (C=O) groups excluding carboxylic acids is 1. The van der Waals surface area contributed by atoms with Gasteiger partial charge in [-0.05, 0) is 25.1 Å². The van der Waals surface area contributed by atoms with Crippen LogP contribution in [0.25, 0.3) is 0 Å². The second-order valence-corrected chi connectivity index (χ2v) is 5.21. The molecule has 2 aromatic heterocycles. The van der Waals surface area contributed by atoms with Crippen molar-refractivity contribution in [1.29, 1.82) is 0 Å². The summed E-state index contributed by atoms with van der Waals surface area (Å²) in [5.41, 5.74) is 2.11. The second kappa shape index (κ2) is 6.49. The van der Waals surface area contributed by atoms with Crippen LogP contribution in [0.4, 0.5) is 11.4 Å². The van der Waals surface area contributed by atoms with Crippen LogP contribution in [0.5, 0.6) is 0 Å². The fourth-order valence-electron chi connectivity index (χ4n) is 1.68. The lowest BCUT2D eigenvalue weighted by Crippen LogP contribution is -2.20. The van der Waals surface area contributed by atoms with E-state index >= 15 is 0 Å². The molecule has 7 heteroatoms. The number of carbonyl (C=O) groups is 1. The summed E-state index contributed by atoms with van der Waals surface area (Å²) < 4.78 is 0. The fraction of sp³-hybridized carbons (Fsp3) is 0.286. The molecule has 2 aromatic rings. The van der Waals surface area contributed by atoms with E-state index in [2.05, 4.69) is 20.5 Å². The number of hydrogen-bond donors (Lipinski definition) is 1. The van der Waals surface area contributed by atoms with Crippen molar-refractivity contribution in [2.75, 3.05) is 24.3 Å². The van der Waals surface area contributed by atoms with Gasteiger partial charge in [0.25, 0.3) is 0 Å². The number of halogens is 1. The van der Waals surface area contributed by atoms with Crippen molar-refractivity contribution in [2.24, 2.45) is 0 Å². The fourth-order valence-corrected chi connectivity index (χ4v) is 1.78. The van der Waals surface area contributed by atoms with E-state index in [1.165, 1.54) is 0 Å². The Bertz CT molecular complexity index is 630. The number of pyridine rings is 1. The summed E-state index contributed by atoms with van der Waals surface area (Å²) >= 11 is 5.69. The first kappa shape index (κ1) is 15.2. The highest BCUT2D eigenvalue weighted by molar-refractivity contribution is 6.29. The molecule has 110 valence electrons. The smallest absolute Gasteiger partial charge is 0.233 e. The molecule has 0 fully saturated rings. The van der Waals surface area contributed by atoms with Gasteiger partial charge in [-0.1, -0.05) is 11.6 Å². The van der Waals surface area contributed by atoms with Crippen molar-refractivity contribution < 1.29 is 4.79 Å². The van der Waals surface area contributed by atoms with Gasteiger partial charge < -0.3 is 10.2 Å². The molecule has 21 heavy (non-hydrogen) atoms. The van der Waals surface area contributed by atoms with Gasteiger partial charge in [0.2, 0.25) is 5.91 Å². The Balaban J connectivity index is 2.10. The van der Waals surface area contributed by atoms with Gasteiger partial charge in [-0.25, -0.2) is 0 Å². The third-order valence-corrected chi connectivity index (χ3v) is 3.20. The van der Waals surface area contributed by atoms with Crippen LogP contribution >= 0.6 is 11.6 Å². The minimum atomic E-state index is -0.433. The Morgan fingerprint density at radius 3 is 2.67 bits per heavy atom. The molecule has 1 atom stereocenters. The maximum Gasteiger partial charge on any atom is 0.233 e. The van der Waals surface area contributed by atoms with Gasteiger partial charge in [0.15, 0.2) is 5.15 Å². The van der Waals surface area contributed by atoms with Crippen molar-refractivity contribution >= 4 is 28.9 Å². The summed E-state index contributed by atoms with van der Waals surface area (Å²) in [6.07, 6.45) is 3.33. The predicted octanol–water partition coefficient (Wildman–Crippen LogP) is 2.33. The SMILES string of the molecule is CC(C(=O)Nc1cncc(N(C)C)c1)c1ccc(Cl)nn1. The Morgan fingerprint density at radius 2 is 2.05 bits per heavy atom. The van der Waals surface area contributed by atoms with Gasteiger partial charge in [-0.2, -0.15) is 5.10 Å². The van der Waals surface area contributed by atoms with Crippen LogP contribution in [0.15, 0.2) is 30.6 Å². The van der Waals surface area contributed by atoms with Gasteiger partial charge in [-0.3, -0.25) is 9.78 Å². The molecule has 0 radical (unpaired) electrons. The molecule has 0 saturated carbocycles. The van der Waals surface area contributed by atoms with E-state index in [4.69, 9.17) is 11.6 Å². The minimum absolute atomic E-state index is 0.177. The van der Waals surface area contributed by atoms with Gasteiger partial charge >= 0.3 is 0 Å². The summed E-state index contributed by atoms with van der Waals surface area (Å²) in [5, 5.41) is 10.8. The molecule has 0 aliphatic rings. The third kappa shape index (κ3) is 3.88. The normalized spacial score (nSPS) is 11.8. The monoisotopic (exact) mass is 305 g/mol. The van der Waals surface area contributed by atoms with Crippen LogP contribution in [-0.2, 0) is 4.79 Å². The number of nitrogens with one attached hydrogen (secondary N) is 1. The number of anilines is 2. The maximum absolute atomic E-state index is 12.2. The Kier molecular flexibility index (Phi) is 4.70. The summed E-state index contributed by atoms with van der Waals surface area (Å²) in [6.45, 7) is 1.76. The first-order valence-corrected chi connectivity index (χ1v) is 6.77. The Hall–Kier alpha value is -2.21. The Labute approximate surface area is 128 Å². The highest BCUT2D eigenvalue weighted by atomic mass is 35.5. The lowest BCUT2D eigenvalue weighted by Gasteiger charge is -2.15. The molecule has 0 bridgehead atoms. The number of amides is 1. The molecule has 0 aliphatic carbocycles. The molecule has 0 aromatic carbocycles. The van der Waals surface area contributed by atoms with E-state index in [1.54, 1.807) is 31.5 Å². The van der Waals surface area contributed by atoms with Gasteiger partial charge in [0.05, 0.1) is 35.4 Å². The zero-order chi connectivity index (χ0) is 15.4. The number of nitrogens with zero attached hydrogens (tertiary/aromatic N) is 4. The number of rotatable bonds is 4. The van der Waals surface area contributed by atoms with E-state index in [-0.39, 0.29) is 5.91 Å². The first-order chi connectivity index (χ1) is 9.97. The van der Waals surface area contributed by atoms with Crippen molar-refractivity contribution in [2.45, 2.75) is 12.8 Å². The van der Waals surface area contributed by atoms with Gasteiger partial charge in [0, 0.05) is 14.1 Å². The van der Waals surface area contributed by atoms with Crippen LogP contribution in [0.2, 0.25) is 5.15 Å². The standard InChI is InChI=1S/C14H16ClN5O/c1-9(12-4-5-13(15)19-18-12)14(21)17-10-6-11(20(2)3)8-16-7-10/h4-9H,1-3H3,(H,17,21). The van der Waals surface area contributed by atoms with Crippen LogP contribution in [0.3, 0.4) is 0 Å². The van der Waals surface area contributed by atoms with Crippen LogP contribution < -0.4 is 10.2 Å². The molecule has 1 N–H and O–H groups in total. The number of hydrogen-bond acceptors (Lipinski definition) is 5. The summed E-state index contributed by atoms with van der Waals surface area (Å²) in [5.74, 6) is -0.609. The van der Waals surface area contributed by atoms with E-state index in [0.717, 1.165) is 5.69 Å². The topological polar surface area (TPSA) is 71.0 Å². The van der Waals surface area contributed by atoms with Crippen LogP contribution in [0, 0.1) is 0 Å². The molecule has 0 aliphatic heterocycles. The average molecular weight is 306 g/mol. The molecule has 6 nitrogen and oxygen atoms in total. The van der Waals surface area contributed by atoms with Crippen LogP contribution in [-0.4, -0.2) is 35.2 Å². The lowest BCUT2D eigenvalue weighted by molar-refractivity contribution is -0.117. The van der Waals surface area contributed by atoms with E-state index in [9.17, 15) is 4.79 Å². The molecule has 0 saturated heterocycles. The zero-order valence-electron chi connectivity index (χ0n) is 12.0. The van der Waals surface area contributed by atoms with Crippen molar-refractivity contribution in [3.8, 4) is 0 Å². The molecule has 2 rings (SSSR count). The van der Waals surface area contributed by atoms with E-state index in [0.29, 0.717) is 16.5 Å². The third-order valence-electron chi connectivity index (χ3n) is 3.00. The molecule has 1 amide bonds. The highest BCUT2D eigenvalue weighted by Crippen LogP contribution is 2.19. The molecular weight excluding hydrogens is 290 g/mol. The van der Waals surface area contributed by atoms with Gasteiger partial charge in [0.1, 0.15) is 0 Å². The van der Waals surface area contributed by atoms with Gasteiger partial charge in [-0.15, -0.1) is 5.10 Å². The molecule has 2 heterocycles. The summed E-state index contributed by atoms with van der Waals surface area (Å²) in [7, 11) is 3.82. The average Bonchev–Trinajstić information content (AvgIpc) is 2.47. The highest BCUT2D eigenvalue weighted by Gasteiger charge is 2.17. The van der Waals surface area contributed by atoms with E-state index in [1.807, 2.05) is 25.1 Å². The lowest BCUT2D eigenvalue weighted by atomic mass is 10.1. The van der Waals surface area contributed by atoms with Crippen molar-refractivity contribution in [1.82, 2.24) is 15.2 Å². The largest absolute Gasteiger partial charge is 0.376 e. The molecule has 1 unspecified atom stereocenters. The predicted molar refractivity (Wildman–Crippen MR) is 82.7 cm³/mol. The summed E-state index contributed by atoms with van der Waals surface area (Å²) in [6, 6.07) is 5.15. The molecule has 0 spiro atoms. The second-order valence-electron chi connectivity index (χ2n) is 4.82. The van der Waals surface area contributed by atoms with Crippen molar-refractivity contribution in [3.05, 3.63) is 41.4 Å².